The molecule has 21 heavy (non-hydrogen) atoms. The Morgan fingerprint density at radius 3 is 2.62 bits per heavy atom. The van der Waals surface area contributed by atoms with Crippen molar-refractivity contribution < 1.29 is 9.53 Å². The molecule has 0 unspecified atom stereocenters. The van der Waals surface area contributed by atoms with E-state index >= 15 is 0 Å². The third-order valence-electron chi connectivity index (χ3n) is 4.26. The van der Waals surface area contributed by atoms with Gasteiger partial charge in [0.05, 0.1) is 6.04 Å². The lowest BCUT2D eigenvalue weighted by atomic mass is 9.96. The monoisotopic (exact) mass is 288 g/mol. The van der Waals surface area contributed by atoms with Crippen molar-refractivity contribution in [1.82, 2.24) is 9.80 Å². The van der Waals surface area contributed by atoms with Gasteiger partial charge in [0, 0.05) is 25.7 Å². The maximum atomic E-state index is 12.2. The Balaban J connectivity index is 1.56. The second-order valence-electron chi connectivity index (χ2n) is 7.01. The minimum absolute atomic E-state index is 0.158. The molecule has 3 rings (SSSR count). The molecule has 0 N–H and O–H groups in total. The second kappa shape index (κ2) is 5.34. The topological polar surface area (TPSA) is 32.8 Å². The van der Waals surface area contributed by atoms with E-state index in [1.54, 1.807) is 0 Å². The molecule has 0 radical (unpaired) electrons. The maximum absolute atomic E-state index is 12.2. The summed E-state index contributed by atoms with van der Waals surface area (Å²) in [5, 5.41) is 0. The number of carbonyl (C=O) groups excluding carboxylic acids is 1. The summed E-state index contributed by atoms with van der Waals surface area (Å²) in [4.78, 5) is 16.6. The summed E-state index contributed by atoms with van der Waals surface area (Å²) in [6, 6.07) is 11.4. The molecule has 2 fully saturated rings. The summed E-state index contributed by atoms with van der Waals surface area (Å²) in [5.74, 6) is 0. The quantitative estimate of drug-likeness (QED) is 0.839. The first kappa shape index (κ1) is 14.4. The molecule has 2 saturated heterocycles. The minimum Gasteiger partial charge on any atom is -0.444 e. The van der Waals surface area contributed by atoms with Crippen LogP contribution in [0.25, 0.3) is 0 Å². The van der Waals surface area contributed by atoms with Crippen molar-refractivity contribution >= 4 is 6.09 Å². The summed E-state index contributed by atoms with van der Waals surface area (Å²) < 4.78 is 5.50. The average Bonchev–Trinajstić information content (AvgIpc) is 2.73. The van der Waals surface area contributed by atoms with Gasteiger partial charge in [-0.25, -0.2) is 4.79 Å². The molecule has 2 heterocycles. The van der Waals surface area contributed by atoms with Crippen LogP contribution in [-0.2, 0) is 11.3 Å². The Labute approximate surface area is 126 Å². The van der Waals surface area contributed by atoms with Gasteiger partial charge in [0.2, 0.25) is 0 Å². The third kappa shape index (κ3) is 3.05. The van der Waals surface area contributed by atoms with Crippen molar-refractivity contribution in [3.8, 4) is 0 Å². The number of nitrogens with zero attached hydrogens (tertiary/aromatic N) is 2. The van der Waals surface area contributed by atoms with Gasteiger partial charge < -0.3 is 9.64 Å². The van der Waals surface area contributed by atoms with Crippen LogP contribution in [0.15, 0.2) is 30.3 Å². The smallest absolute Gasteiger partial charge is 0.410 e. The molecule has 114 valence electrons. The molecule has 0 spiro atoms. The van der Waals surface area contributed by atoms with Gasteiger partial charge in [-0.05, 0) is 32.8 Å². The van der Waals surface area contributed by atoms with Crippen molar-refractivity contribution in [3.05, 3.63) is 35.9 Å². The normalized spacial score (nSPS) is 25.4. The summed E-state index contributed by atoms with van der Waals surface area (Å²) in [6.07, 6.45) is 0.894. The van der Waals surface area contributed by atoms with Crippen LogP contribution >= 0.6 is 0 Å². The Morgan fingerprint density at radius 2 is 1.95 bits per heavy atom. The van der Waals surface area contributed by atoms with Crippen molar-refractivity contribution in [3.63, 3.8) is 0 Å². The highest BCUT2D eigenvalue weighted by Crippen LogP contribution is 2.34. The predicted molar refractivity (Wildman–Crippen MR) is 82.0 cm³/mol. The Kier molecular flexibility index (Phi) is 3.66. The Hall–Kier alpha value is -1.55. The van der Waals surface area contributed by atoms with Crippen molar-refractivity contribution in [2.45, 2.75) is 51.4 Å². The number of benzene rings is 1. The van der Waals surface area contributed by atoms with Crippen LogP contribution in [0.1, 0.15) is 32.8 Å². The molecule has 1 amide bonds. The van der Waals surface area contributed by atoms with Gasteiger partial charge in [0.25, 0.3) is 0 Å². The van der Waals surface area contributed by atoms with Crippen molar-refractivity contribution in [2.75, 3.05) is 13.1 Å². The highest BCUT2D eigenvalue weighted by molar-refractivity contribution is 5.69. The van der Waals surface area contributed by atoms with Crippen LogP contribution in [0.3, 0.4) is 0 Å². The molecule has 2 aliphatic rings. The predicted octanol–water partition coefficient (Wildman–Crippen LogP) is 2.88. The van der Waals surface area contributed by atoms with Crippen LogP contribution in [0, 0.1) is 0 Å². The summed E-state index contributed by atoms with van der Waals surface area (Å²) in [6.45, 7) is 8.50. The molecule has 2 aliphatic heterocycles. The summed E-state index contributed by atoms with van der Waals surface area (Å²) in [5.41, 5.74) is 0.925. The summed E-state index contributed by atoms with van der Waals surface area (Å²) in [7, 11) is 0. The fraction of sp³-hybridized carbons (Fsp3) is 0.588. The van der Waals surface area contributed by atoms with E-state index in [4.69, 9.17) is 4.74 Å². The van der Waals surface area contributed by atoms with Crippen LogP contribution in [-0.4, -0.2) is 46.7 Å². The molecule has 2 atom stereocenters. The molecule has 4 heteroatoms. The molecule has 0 aromatic heterocycles. The van der Waals surface area contributed by atoms with E-state index in [1.165, 1.54) is 5.56 Å². The molecule has 1 aromatic rings. The van der Waals surface area contributed by atoms with Gasteiger partial charge >= 0.3 is 6.09 Å². The van der Waals surface area contributed by atoms with E-state index in [1.807, 2.05) is 31.7 Å². The maximum Gasteiger partial charge on any atom is 0.410 e. The number of fused-ring (bicyclic) bond motifs is 1. The molecule has 4 nitrogen and oxygen atoms in total. The highest BCUT2D eigenvalue weighted by atomic mass is 16.6. The molecule has 0 bridgehead atoms. The van der Waals surface area contributed by atoms with Crippen LogP contribution < -0.4 is 0 Å². The first-order chi connectivity index (χ1) is 9.94. The van der Waals surface area contributed by atoms with Crippen LogP contribution in [0.5, 0.6) is 0 Å². The first-order valence-electron chi connectivity index (χ1n) is 7.72. The highest BCUT2D eigenvalue weighted by Gasteiger charge is 2.49. The van der Waals surface area contributed by atoms with E-state index < -0.39 is 5.60 Å². The Morgan fingerprint density at radius 1 is 1.24 bits per heavy atom. The van der Waals surface area contributed by atoms with E-state index in [0.717, 1.165) is 26.1 Å². The SMILES string of the molecule is CC(C)(C)OC(=O)N1CC[C@H]2[C@H]1CN2Cc1ccccc1. The van der Waals surface area contributed by atoms with Gasteiger partial charge in [-0.1, -0.05) is 30.3 Å². The fourth-order valence-electron chi connectivity index (χ4n) is 3.27. The zero-order valence-electron chi connectivity index (χ0n) is 13.1. The largest absolute Gasteiger partial charge is 0.444 e. The number of ether oxygens (including phenoxy) is 1. The lowest BCUT2D eigenvalue weighted by Gasteiger charge is -2.46. The number of amides is 1. The van der Waals surface area contributed by atoms with Crippen molar-refractivity contribution in [1.29, 1.82) is 0 Å². The van der Waals surface area contributed by atoms with Gasteiger partial charge in [-0.15, -0.1) is 0 Å². The van der Waals surface area contributed by atoms with Gasteiger partial charge in [-0.3, -0.25) is 4.90 Å². The molecule has 1 aromatic carbocycles. The Bertz CT molecular complexity index is 509. The van der Waals surface area contributed by atoms with E-state index in [-0.39, 0.29) is 6.09 Å². The second-order valence-corrected chi connectivity index (χ2v) is 7.01. The number of hydrogen-bond donors (Lipinski definition) is 0. The third-order valence-corrected chi connectivity index (χ3v) is 4.26. The van der Waals surface area contributed by atoms with E-state index in [0.29, 0.717) is 12.1 Å². The van der Waals surface area contributed by atoms with Gasteiger partial charge in [-0.2, -0.15) is 0 Å². The zero-order valence-corrected chi connectivity index (χ0v) is 13.1. The molecular weight excluding hydrogens is 264 g/mol. The zero-order chi connectivity index (χ0) is 15.0. The minimum atomic E-state index is -0.414. The first-order valence-corrected chi connectivity index (χ1v) is 7.72. The van der Waals surface area contributed by atoms with Crippen molar-refractivity contribution in [2.24, 2.45) is 0 Å². The van der Waals surface area contributed by atoms with Crippen LogP contribution in [0.2, 0.25) is 0 Å². The van der Waals surface area contributed by atoms with Gasteiger partial charge in [0.1, 0.15) is 5.60 Å². The van der Waals surface area contributed by atoms with Crippen LogP contribution in [0.4, 0.5) is 4.79 Å². The summed E-state index contributed by atoms with van der Waals surface area (Å²) >= 11 is 0. The average molecular weight is 288 g/mol. The molecule has 0 aliphatic carbocycles. The number of hydrogen-bond acceptors (Lipinski definition) is 3. The number of carbonyl (C=O) groups is 1. The lowest BCUT2D eigenvalue weighted by Crippen LogP contribution is -2.62. The number of likely N-dealkylation sites (tertiary alicyclic amines) is 2. The van der Waals surface area contributed by atoms with E-state index in [9.17, 15) is 4.79 Å². The lowest BCUT2D eigenvalue weighted by molar-refractivity contribution is -0.0134. The van der Waals surface area contributed by atoms with Gasteiger partial charge in [0.15, 0.2) is 0 Å². The fourth-order valence-corrected chi connectivity index (χ4v) is 3.27. The molecule has 0 saturated carbocycles. The molecular formula is C17H24N2O2. The van der Waals surface area contributed by atoms with E-state index in [2.05, 4.69) is 29.2 Å². The number of rotatable bonds is 2. The standard InChI is InChI=1S/C17H24N2O2/c1-17(2,3)21-16(20)19-10-9-14-15(19)12-18(14)11-13-7-5-4-6-8-13/h4-8,14-15H,9-12H2,1-3H3/t14-,15+/m0/s1.